The van der Waals surface area contributed by atoms with Crippen molar-refractivity contribution < 1.29 is 13.2 Å². The van der Waals surface area contributed by atoms with Crippen LogP contribution in [0.25, 0.3) is 0 Å². The number of rotatable bonds is 4. The molecule has 1 heterocycles. The Morgan fingerprint density at radius 2 is 1.95 bits per heavy atom. The first-order valence-electron chi connectivity index (χ1n) is 6.64. The molecular formula is C13H18BrN3O3S. The fraction of sp³-hybridized carbons (Fsp3) is 0.462. The van der Waals surface area contributed by atoms with Gasteiger partial charge in [0.2, 0.25) is 15.9 Å². The highest BCUT2D eigenvalue weighted by Gasteiger charge is 2.31. The SMILES string of the molecule is NC(=O)CC1CCN(S(=O)(=O)c2ccc(Br)cc2N)CC1. The lowest BCUT2D eigenvalue weighted by atomic mass is 9.94. The Balaban J connectivity index is 2.13. The molecule has 1 fully saturated rings. The van der Waals surface area contributed by atoms with Gasteiger partial charge in [0.25, 0.3) is 0 Å². The molecule has 2 rings (SSSR count). The summed E-state index contributed by atoms with van der Waals surface area (Å²) in [5, 5.41) is 0. The topological polar surface area (TPSA) is 106 Å². The first-order valence-corrected chi connectivity index (χ1v) is 8.87. The van der Waals surface area contributed by atoms with Gasteiger partial charge in [-0.25, -0.2) is 8.42 Å². The van der Waals surface area contributed by atoms with Crippen molar-refractivity contribution in [3.8, 4) is 0 Å². The van der Waals surface area contributed by atoms with Crippen LogP contribution in [0.2, 0.25) is 0 Å². The minimum atomic E-state index is -3.59. The largest absolute Gasteiger partial charge is 0.398 e. The molecular weight excluding hydrogens is 358 g/mol. The second kappa shape index (κ2) is 6.33. The molecule has 4 N–H and O–H groups in total. The minimum Gasteiger partial charge on any atom is -0.398 e. The molecule has 0 saturated carbocycles. The van der Waals surface area contributed by atoms with Crippen LogP contribution in [0.3, 0.4) is 0 Å². The van der Waals surface area contributed by atoms with Crippen LogP contribution in [-0.4, -0.2) is 31.7 Å². The summed E-state index contributed by atoms with van der Waals surface area (Å²) in [6.45, 7) is 0.769. The fourth-order valence-corrected chi connectivity index (χ4v) is 4.48. The summed E-state index contributed by atoms with van der Waals surface area (Å²) in [7, 11) is -3.59. The average molecular weight is 376 g/mol. The van der Waals surface area contributed by atoms with Crippen LogP contribution < -0.4 is 11.5 Å². The zero-order valence-electron chi connectivity index (χ0n) is 11.5. The van der Waals surface area contributed by atoms with Crippen molar-refractivity contribution in [3.63, 3.8) is 0 Å². The Morgan fingerprint density at radius 1 is 1.33 bits per heavy atom. The molecule has 8 heteroatoms. The van der Waals surface area contributed by atoms with Crippen LogP contribution in [0.4, 0.5) is 5.69 Å². The number of anilines is 1. The van der Waals surface area contributed by atoms with Crippen LogP contribution in [0, 0.1) is 5.92 Å². The van der Waals surface area contributed by atoms with Crippen molar-refractivity contribution in [3.05, 3.63) is 22.7 Å². The highest BCUT2D eigenvalue weighted by molar-refractivity contribution is 9.10. The number of carbonyl (C=O) groups is 1. The van der Waals surface area contributed by atoms with Gasteiger partial charge in [-0.2, -0.15) is 4.31 Å². The van der Waals surface area contributed by atoms with Crippen LogP contribution in [0.1, 0.15) is 19.3 Å². The van der Waals surface area contributed by atoms with Gasteiger partial charge in [-0.05, 0) is 37.0 Å². The Morgan fingerprint density at radius 3 is 2.48 bits per heavy atom. The third-order valence-electron chi connectivity index (χ3n) is 3.65. The first-order chi connectivity index (χ1) is 9.80. The van der Waals surface area contributed by atoms with Crippen molar-refractivity contribution in [1.82, 2.24) is 4.31 Å². The van der Waals surface area contributed by atoms with E-state index in [2.05, 4.69) is 15.9 Å². The lowest BCUT2D eigenvalue weighted by molar-refractivity contribution is -0.119. The molecule has 0 radical (unpaired) electrons. The molecule has 6 nitrogen and oxygen atoms in total. The maximum atomic E-state index is 12.6. The predicted octanol–water partition coefficient (Wildman–Crippen LogP) is 1.31. The maximum Gasteiger partial charge on any atom is 0.245 e. The normalized spacial score (nSPS) is 17.8. The molecule has 0 aromatic heterocycles. The number of nitrogens with two attached hydrogens (primary N) is 2. The summed E-state index contributed by atoms with van der Waals surface area (Å²) < 4.78 is 27.3. The number of amides is 1. The number of piperidine rings is 1. The van der Waals surface area contributed by atoms with E-state index in [0.717, 1.165) is 4.47 Å². The number of halogens is 1. The van der Waals surface area contributed by atoms with E-state index in [4.69, 9.17) is 11.5 Å². The summed E-state index contributed by atoms with van der Waals surface area (Å²) in [5.41, 5.74) is 11.2. The number of sulfonamides is 1. The van der Waals surface area contributed by atoms with E-state index in [1.807, 2.05) is 0 Å². The lowest BCUT2D eigenvalue weighted by Gasteiger charge is -2.31. The standard InChI is InChI=1S/C13H18BrN3O3S/c14-10-1-2-12(11(15)8-10)21(19,20)17-5-3-9(4-6-17)7-13(16)18/h1-2,8-9H,3-7,15H2,(H2,16,18). The van der Waals surface area contributed by atoms with Crippen molar-refractivity contribution in [2.45, 2.75) is 24.2 Å². The first kappa shape index (κ1) is 16.3. The second-order valence-corrected chi connectivity index (χ2v) is 8.02. The monoisotopic (exact) mass is 375 g/mol. The Kier molecular flexibility index (Phi) is 4.90. The van der Waals surface area contributed by atoms with E-state index in [9.17, 15) is 13.2 Å². The highest BCUT2D eigenvalue weighted by Crippen LogP contribution is 2.29. The van der Waals surface area contributed by atoms with Gasteiger partial charge in [0.15, 0.2) is 0 Å². The van der Waals surface area contributed by atoms with E-state index >= 15 is 0 Å². The molecule has 0 atom stereocenters. The molecule has 0 aliphatic carbocycles. The molecule has 1 aliphatic heterocycles. The molecule has 0 unspecified atom stereocenters. The van der Waals surface area contributed by atoms with Gasteiger partial charge in [0, 0.05) is 24.0 Å². The molecule has 21 heavy (non-hydrogen) atoms. The van der Waals surface area contributed by atoms with Gasteiger partial charge in [-0.3, -0.25) is 4.79 Å². The van der Waals surface area contributed by atoms with Gasteiger partial charge in [-0.1, -0.05) is 15.9 Å². The van der Waals surface area contributed by atoms with Crippen molar-refractivity contribution >= 4 is 37.5 Å². The Bertz CT molecular complexity index is 640. The van der Waals surface area contributed by atoms with Crippen molar-refractivity contribution in [1.29, 1.82) is 0 Å². The zero-order chi connectivity index (χ0) is 15.6. The molecule has 0 spiro atoms. The van der Waals surface area contributed by atoms with Crippen LogP contribution in [0.5, 0.6) is 0 Å². The number of carbonyl (C=O) groups excluding carboxylic acids is 1. The third kappa shape index (κ3) is 3.75. The van der Waals surface area contributed by atoms with Gasteiger partial charge in [0.05, 0.1) is 5.69 Å². The predicted molar refractivity (Wildman–Crippen MR) is 83.8 cm³/mol. The van der Waals surface area contributed by atoms with Gasteiger partial charge < -0.3 is 11.5 Å². The van der Waals surface area contributed by atoms with E-state index in [-0.39, 0.29) is 22.4 Å². The van der Waals surface area contributed by atoms with E-state index in [1.54, 1.807) is 12.1 Å². The lowest BCUT2D eigenvalue weighted by Crippen LogP contribution is -2.39. The molecule has 1 aromatic rings. The number of hydrogen-bond donors (Lipinski definition) is 2. The van der Waals surface area contributed by atoms with Crippen molar-refractivity contribution in [2.24, 2.45) is 11.7 Å². The van der Waals surface area contributed by atoms with E-state index in [0.29, 0.717) is 32.4 Å². The zero-order valence-corrected chi connectivity index (χ0v) is 13.9. The summed E-state index contributed by atoms with van der Waals surface area (Å²) in [5.74, 6) is -0.176. The smallest absolute Gasteiger partial charge is 0.245 e. The molecule has 116 valence electrons. The number of nitrogen functional groups attached to an aromatic ring is 1. The molecule has 1 aromatic carbocycles. The number of hydrogen-bond acceptors (Lipinski definition) is 4. The van der Waals surface area contributed by atoms with Crippen LogP contribution in [0.15, 0.2) is 27.6 Å². The van der Waals surface area contributed by atoms with E-state index < -0.39 is 10.0 Å². The summed E-state index contributed by atoms with van der Waals surface area (Å²) in [6.07, 6.45) is 1.59. The molecule has 1 aliphatic rings. The molecule has 1 amide bonds. The van der Waals surface area contributed by atoms with Crippen molar-refractivity contribution in [2.75, 3.05) is 18.8 Å². The van der Waals surface area contributed by atoms with Crippen LogP contribution in [-0.2, 0) is 14.8 Å². The average Bonchev–Trinajstić information content (AvgIpc) is 2.38. The Labute approximate surface area is 132 Å². The molecule has 0 bridgehead atoms. The summed E-state index contributed by atoms with van der Waals surface area (Å²) in [4.78, 5) is 11.0. The number of benzene rings is 1. The minimum absolute atomic E-state index is 0.124. The van der Waals surface area contributed by atoms with Gasteiger partial charge in [0.1, 0.15) is 4.90 Å². The fourth-order valence-electron chi connectivity index (χ4n) is 2.53. The van der Waals surface area contributed by atoms with Gasteiger partial charge >= 0.3 is 0 Å². The van der Waals surface area contributed by atoms with E-state index in [1.165, 1.54) is 10.4 Å². The van der Waals surface area contributed by atoms with Crippen LogP contribution >= 0.6 is 15.9 Å². The number of nitrogens with zero attached hydrogens (tertiary/aromatic N) is 1. The Hall–Kier alpha value is -1.12. The molecule has 1 saturated heterocycles. The second-order valence-electron chi connectivity index (χ2n) is 5.20. The summed E-state index contributed by atoms with van der Waals surface area (Å²) >= 11 is 3.26. The van der Waals surface area contributed by atoms with Gasteiger partial charge in [-0.15, -0.1) is 0 Å². The third-order valence-corrected chi connectivity index (χ3v) is 6.12. The number of primary amides is 1. The maximum absolute atomic E-state index is 12.6. The highest BCUT2D eigenvalue weighted by atomic mass is 79.9. The quantitative estimate of drug-likeness (QED) is 0.773. The summed E-state index contributed by atoms with van der Waals surface area (Å²) in [6, 6.07) is 4.74.